The van der Waals surface area contributed by atoms with Gasteiger partial charge in [-0.2, -0.15) is 0 Å². The highest BCUT2D eigenvalue weighted by Crippen LogP contribution is 2.39. The predicted molar refractivity (Wildman–Crippen MR) is 52.0 cm³/mol. The first-order chi connectivity index (χ1) is 7.24. The van der Waals surface area contributed by atoms with E-state index in [-0.39, 0.29) is 18.0 Å². The molecule has 1 saturated carbocycles. The molecule has 0 spiro atoms. The SMILES string of the molecule is CCOC(=O)[C@@H]1C(=O)O[C@H]2CCCC[C@H]12. The van der Waals surface area contributed by atoms with Crippen molar-refractivity contribution in [3.63, 3.8) is 0 Å². The molecule has 1 aliphatic heterocycles. The van der Waals surface area contributed by atoms with Crippen LogP contribution in [0.4, 0.5) is 0 Å². The molecule has 2 fully saturated rings. The van der Waals surface area contributed by atoms with Crippen molar-refractivity contribution in [2.45, 2.75) is 38.7 Å². The van der Waals surface area contributed by atoms with Crippen molar-refractivity contribution in [2.75, 3.05) is 6.61 Å². The Morgan fingerprint density at radius 3 is 2.93 bits per heavy atom. The summed E-state index contributed by atoms with van der Waals surface area (Å²) in [7, 11) is 0. The Balaban J connectivity index is 2.09. The fourth-order valence-electron chi connectivity index (χ4n) is 2.55. The largest absolute Gasteiger partial charge is 0.465 e. The van der Waals surface area contributed by atoms with E-state index in [1.54, 1.807) is 6.92 Å². The van der Waals surface area contributed by atoms with Crippen molar-refractivity contribution < 1.29 is 19.1 Å². The lowest BCUT2D eigenvalue weighted by molar-refractivity contribution is -0.156. The van der Waals surface area contributed by atoms with Crippen molar-refractivity contribution in [3.8, 4) is 0 Å². The van der Waals surface area contributed by atoms with Crippen LogP contribution >= 0.6 is 0 Å². The van der Waals surface area contributed by atoms with Gasteiger partial charge in [-0.3, -0.25) is 9.59 Å². The molecule has 3 atom stereocenters. The number of carbonyl (C=O) groups is 2. The maximum Gasteiger partial charge on any atom is 0.321 e. The summed E-state index contributed by atoms with van der Waals surface area (Å²) in [5.74, 6) is -1.39. The van der Waals surface area contributed by atoms with Gasteiger partial charge in [-0.25, -0.2) is 0 Å². The number of esters is 2. The van der Waals surface area contributed by atoms with Gasteiger partial charge in [-0.1, -0.05) is 6.42 Å². The number of carbonyl (C=O) groups excluding carboxylic acids is 2. The molecular weight excluding hydrogens is 196 g/mol. The van der Waals surface area contributed by atoms with E-state index in [1.807, 2.05) is 0 Å². The molecule has 0 aromatic heterocycles. The van der Waals surface area contributed by atoms with Crippen molar-refractivity contribution in [2.24, 2.45) is 11.8 Å². The van der Waals surface area contributed by atoms with Gasteiger partial charge < -0.3 is 9.47 Å². The Morgan fingerprint density at radius 2 is 2.20 bits per heavy atom. The predicted octanol–water partition coefficient (Wildman–Crippen LogP) is 1.28. The van der Waals surface area contributed by atoms with Crippen LogP contribution in [0.5, 0.6) is 0 Å². The van der Waals surface area contributed by atoms with Gasteiger partial charge in [0, 0.05) is 5.92 Å². The van der Waals surface area contributed by atoms with E-state index in [2.05, 4.69) is 0 Å². The summed E-state index contributed by atoms with van der Waals surface area (Å²) in [5, 5.41) is 0. The van der Waals surface area contributed by atoms with Gasteiger partial charge in [0.1, 0.15) is 6.10 Å². The van der Waals surface area contributed by atoms with E-state index in [0.717, 1.165) is 25.7 Å². The van der Waals surface area contributed by atoms with E-state index in [4.69, 9.17) is 9.47 Å². The fraction of sp³-hybridized carbons (Fsp3) is 0.818. The second-order valence-corrected chi connectivity index (χ2v) is 4.15. The highest BCUT2D eigenvalue weighted by Gasteiger charge is 2.49. The molecule has 1 aliphatic carbocycles. The molecule has 0 aromatic rings. The molecule has 15 heavy (non-hydrogen) atoms. The standard InChI is InChI=1S/C11H16O4/c1-2-14-10(12)9-7-5-3-4-6-8(7)15-11(9)13/h7-9H,2-6H2,1H3/t7-,8-,9+/m0/s1. The Hall–Kier alpha value is -1.06. The zero-order chi connectivity index (χ0) is 10.8. The van der Waals surface area contributed by atoms with Gasteiger partial charge in [-0.15, -0.1) is 0 Å². The molecule has 2 aliphatic rings. The third-order valence-electron chi connectivity index (χ3n) is 3.24. The highest BCUT2D eigenvalue weighted by atomic mass is 16.6. The second-order valence-electron chi connectivity index (χ2n) is 4.15. The smallest absolute Gasteiger partial charge is 0.321 e. The molecule has 1 saturated heterocycles. The summed E-state index contributed by atoms with van der Waals surface area (Å²) in [5.41, 5.74) is 0. The van der Waals surface area contributed by atoms with Crippen LogP contribution in [0.25, 0.3) is 0 Å². The van der Waals surface area contributed by atoms with Gasteiger partial charge in [0.2, 0.25) is 0 Å². The average Bonchev–Trinajstić information content (AvgIpc) is 2.54. The van der Waals surface area contributed by atoms with E-state index < -0.39 is 11.9 Å². The van der Waals surface area contributed by atoms with Gasteiger partial charge in [0.15, 0.2) is 5.92 Å². The lowest BCUT2D eigenvalue weighted by Crippen LogP contribution is -2.31. The minimum Gasteiger partial charge on any atom is -0.465 e. The van der Waals surface area contributed by atoms with Crippen LogP contribution in [0.2, 0.25) is 0 Å². The quantitative estimate of drug-likeness (QED) is 0.511. The summed E-state index contributed by atoms with van der Waals surface area (Å²) in [4.78, 5) is 23.1. The maximum atomic E-state index is 11.6. The number of hydrogen-bond donors (Lipinski definition) is 0. The van der Waals surface area contributed by atoms with Crippen molar-refractivity contribution >= 4 is 11.9 Å². The number of ether oxygens (including phenoxy) is 2. The molecular formula is C11H16O4. The van der Waals surface area contributed by atoms with Crippen molar-refractivity contribution in [3.05, 3.63) is 0 Å². The second kappa shape index (κ2) is 4.21. The van der Waals surface area contributed by atoms with Crippen LogP contribution in [-0.4, -0.2) is 24.6 Å². The minimum absolute atomic E-state index is 0.0411. The van der Waals surface area contributed by atoms with Crippen LogP contribution in [-0.2, 0) is 19.1 Å². The first-order valence-corrected chi connectivity index (χ1v) is 5.61. The van der Waals surface area contributed by atoms with E-state index >= 15 is 0 Å². The molecule has 2 rings (SSSR count). The molecule has 4 heteroatoms. The molecule has 84 valence electrons. The number of rotatable bonds is 2. The zero-order valence-corrected chi connectivity index (χ0v) is 8.90. The van der Waals surface area contributed by atoms with Gasteiger partial charge in [0.25, 0.3) is 0 Å². The molecule has 0 aromatic carbocycles. The van der Waals surface area contributed by atoms with Gasteiger partial charge in [-0.05, 0) is 26.2 Å². The third-order valence-corrected chi connectivity index (χ3v) is 3.24. The topological polar surface area (TPSA) is 52.6 Å². The summed E-state index contributed by atoms with van der Waals surface area (Å²) in [6.45, 7) is 2.07. The Labute approximate surface area is 88.9 Å². The molecule has 0 bridgehead atoms. The lowest BCUT2D eigenvalue weighted by Gasteiger charge is -2.24. The average molecular weight is 212 g/mol. The minimum atomic E-state index is -0.657. The number of hydrogen-bond acceptors (Lipinski definition) is 4. The molecule has 0 N–H and O–H groups in total. The normalized spacial score (nSPS) is 34.5. The van der Waals surface area contributed by atoms with Crippen molar-refractivity contribution in [1.29, 1.82) is 0 Å². The van der Waals surface area contributed by atoms with Crippen LogP contribution in [0.3, 0.4) is 0 Å². The van der Waals surface area contributed by atoms with Crippen LogP contribution in [0.1, 0.15) is 32.6 Å². The molecule has 0 radical (unpaired) electrons. The number of fused-ring (bicyclic) bond motifs is 1. The molecule has 4 nitrogen and oxygen atoms in total. The highest BCUT2D eigenvalue weighted by molar-refractivity contribution is 5.96. The van der Waals surface area contributed by atoms with E-state index in [9.17, 15) is 9.59 Å². The monoisotopic (exact) mass is 212 g/mol. The summed E-state index contributed by atoms with van der Waals surface area (Å²) in [6, 6.07) is 0. The summed E-state index contributed by atoms with van der Waals surface area (Å²) >= 11 is 0. The van der Waals surface area contributed by atoms with Gasteiger partial charge in [0.05, 0.1) is 6.61 Å². The molecule has 0 amide bonds. The summed E-state index contributed by atoms with van der Waals surface area (Å²) < 4.78 is 10.1. The zero-order valence-electron chi connectivity index (χ0n) is 8.90. The first kappa shape index (κ1) is 10.5. The third kappa shape index (κ3) is 1.85. The van der Waals surface area contributed by atoms with Gasteiger partial charge >= 0.3 is 11.9 Å². The van der Waals surface area contributed by atoms with Crippen LogP contribution < -0.4 is 0 Å². The molecule has 0 unspecified atom stereocenters. The fourth-order valence-corrected chi connectivity index (χ4v) is 2.55. The maximum absolute atomic E-state index is 11.6. The lowest BCUT2D eigenvalue weighted by atomic mass is 9.80. The first-order valence-electron chi connectivity index (χ1n) is 5.61. The summed E-state index contributed by atoms with van der Waals surface area (Å²) in [6.07, 6.45) is 3.92. The Kier molecular flexibility index (Phi) is 2.93. The van der Waals surface area contributed by atoms with Crippen LogP contribution in [0, 0.1) is 11.8 Å². The van der Waals surface area contributed by atoms with E-state index in [1.165, 1.54) is 0 Å². The molecule has 1 heterocycles. The Morgan fingerprint density at radius 1 is 1.47 bits per heavy atom. The Bertz CT molecular complexity index is 274. The van der Waals surface area contributed by atoms with E-state index in [0.29, 0.717) is 6.61 Å². The van der Waals surface area contributed by atoms with Crippen molar-refractivity contribution in [1.82, 2.24) is 0 Å². The van der Waals surface area contributed by atoms with Crippen LogP contribution in [0.15, 0.2) is 0 Å².